The first-order chi connectivity index (χ1) is 13.1. The van der Waals surface area contributed by atoms with Crippen molar-refractivity contribution in [1.82, 2.24) is 0 Å². The van der Waals surface area contributed by atoms with Gasteiger partial charge in [0.25, 0.3) is 0 Å². The van der Waals surface area contributed by atoms with Gasteiger partial charge in [0.2, 0.25) is 6.29 Å². The topological polar surface area (TPSA) is 36.9 Å². The molecule has 0 radical (unpaired) electrons. The molecule has 0 spiro atoms. The normalized spacial score (nSPS) is 24.0. The zero-order chi connectivity index (χ0) is 22.1. The largest absolute Gasteiger partial charge is 0.465 e. The maximum atomic E-state index is 6.76. The van der Waals surface area contributed by atoms with Gasteiger partial charge in [0.15, 0.2) is 16.6 Å². The Balaban J connectivity index is 2.13. The third-order valence-electron chi connectivity index (χ3n) is 6.84. The fourth-order valence-corrected chi connectivity index (χ4v) is 5.11. The maximum Gasteiger partial charge on any atom is 0.202 e. The molecule has 166 valence electrons. The predicted molar refractivity (Wildman–Crippen MR) is 126 cm³/mol. The third kappa shape index (κ3) is 6.41. The maximum absolute atomic E-state index is 6.76. The summed E-state index contributed by atoms with van der Waals surface area (Å²) >= 11 is 0. The van der Waals surface area contributed by atoms with Crippen molar-refractivity contribution in [3.05, 3.63) is 30.3 Å². The molecule has 1 unspecified atom stereocenters. The van der Waals surface area contributed by atoms with Crippen LogP contribution in [0.2, 0.25) is 36.3 Å². The van der Waals surface area contributed by atoms with Gasteiger partial charge in [-0.2, -0.15) is 0 Å². The molecule has 0 aliphatic carbocycles. The van der Waals surface area contributed by atoms with Crippen molar-refractivity contribution in [2.75, 3.05) is 6.61 Å². The van der Waals surface area contributed by atoms with Gasteiger partial charge in [0, 0.05) is 6.42 Å². The van der Waals surface area contributed by atoms with E-state index in [0.717, 1.165) is 12.2 Å². The van der Waals surface area contributed by atoms with Crippen molar-refractivity contribution < 1.29 is 18.3 Å². The van der Waals surface area contributed by atoms with Crippen LogP contribution in [0.4, 0.5) is 0 Å². The van der Waals surface area contributed by atoms with E-state index in [4.69, 9.17) is 18.3 Å². The molecule has 0 bridgehead atoms. The fourth-order valence-electron chi connectivity index (χ4n) is 2.74. The van der Waals surface area contributed by atoms with Crippen LogP contribution < -0.4 is 4.74 Å². The highest BCUT2D eigenvalue weighted by atomic mass is 28.4. The van der Waals surface area contributed by atoms with E-state index < -0.39 is 16.6 Å². The summed E-state index contributed by atoms with van der Waals surface area (Å²) in [6, 6.07) is 9.87. The Bertz CT molecular complexity index is 647. The molecule has 29 heavy (non-hydrogen) atoms. The monoisotopic (exact) mass is 438 g/mol. The molecule has 1 aromatic rings. The molecule has 1 aliphatic heterocycles. The van der Waals surface area contributed by atoms with Crippen LogP contribution in [-0.4, -0.2) is 41.7 Å². The SMILES string of the molecule is CC(C)(C)[Si](C)(C)OC[C@H]1OC(Oc2ccccc2)C[C@@H]1O[Si](C)(C)C(C)(C)C. The summed E-state index contributed by atoms with van der Waals surface area (Å²) in [5, 5.41) is 0.317. The van der Waals surface area contributed by atoms with Crippen LogP contribution in [0, 0.1) is 0 Å². The average molecular weight is 439 g/mol. The lowest BCUT2D eigenvalue weighted by Crippen LogP contribution is -2.48. The Hall–Kier alpha value is -0.666. The van der Waals surface area contributed by atoms with Crippen LogP contribution in [-0.2, 0) is 13.6 Å². The lowest BCUT2D eigenvalue weighted by molar-refractivity contribution is -0.0906. The summed E-state index contributed by atoms with van der Waals surface area (Å²) in [6.07, 6.45) is 0.314. The molecule has 0 aromatic heterocycles. The Labute approximate surface area is 180 Å². The van der Waals surface area contributed by atoms with Crippen molar-refractivity contribution in [2.24, 2.45) is 0 Å². The van der Waals surface area contributed by atoms with Crippen molar-refractivity contribution in [3.8, 4) is 5.75 Å². The molecule has 0 amide bonds. The predicted octanol–water partition coefficient (Wildman–Crippen LogP) is 6.59. The highest BCUT2D eigenvalue weighted by molar-refractivity contribution is 6.74. The molecular formula is C23H42O4Si2. The minimum atomic E-state index is -1.92. The smallest absolute Gasteiger partial charge is 0.202 e. The first-order valence-electron chi connectivity index (χ1n) is 10.8. The van der Waals surface area contributed by atoms with E-state index in [-0.39, 0.29) is 28.6 Å². The van der Waals surface area contributed by atoms with Crippen molar-refractivity contribution in [1.29, 1.82) is 0 Å². The van der Waals surface area contributed by atoms with E-state index >= 15 is 0 Å². The van der Waals surface area contributed by atoms with Gasteiger partial charge in [-0.15, -0.1) is 0 Å². The van der Waals surface area contributed by atoms with E-state index in [1.807, 2.05) is 30.3 Å². The van der Waals surface area contributed by atoms with Gasteiger partial charge >= 0.3 is 0 Å². The fraction of sp³-hybridized carbons (Fsp3) is 0.739. The van der Waals surface area contributed by atoms with E-state index in [2.05, 4.69) is 67.7 Å². The van der Waals surface area contributed by atoms with E-state index in [9.17, 15) is 0 Å². The molecular weight excluding hydrogens is 396 g/mol. The van der Waals surface area contributed by atoms with Crippen LogP contribution in [0.3, 0.4) is 0 Å². The summed E-state index contributed by atoms with van der Waals surface area (Å²) in [7, 11) is -3.78. The number of hydrogen-bond donors (Lipinski definition) is 0. The second kappa shape index (κ2) is 8.83. The minimum Gasteiger partial charge on any atom is -0.465 e. The van der Waals surface area contributed by atoms with Crippen LogP contribution in [0.15, 0.2) is 30.3 Å². The van der Waals surface area contributed by atoms with Gasteiger partial charge in [-0.25, -0.2) is 0 Å². The molecule has 1 aliphatic rings. The first kappa shape index (κ1) is 24.6. The summed E-state index contributed by atoms with van der Waals surface area (Å²) in [5.41, 5.74) is 0. The van der Waals surface area contributed by atoms with Crippen LogP contribution >= 0.6 is 0 Å². The highest BCUT2D eigenvalue weighted by Gasteiger charge is 2.46. The lowest BCUT2D eigenvalue weighted by Gasteiger charge is -2.40. The van der Waals surface area contributed by atoms with E-state index in [0.29, 0.717) is 6.61 Å². The second-order valence-electron chi connectivity index (χ2n) is 11.3. The number of hydrogen-bond acceptors (Lipinski definition) is 4. The average Bonchev–Trinajstić information content (AvgIpc) is 2.92. The Kier molecular flexibility index (Phi) is 7.49. The zero-order valence-electron chi connectivity index (χ0n) is 20.2. The van der Waals surface area contributed by atoms with Gasteiger partial charge in [-0.3, -0.25) is 0 Å². The standard InChI is InChI=1S/C23H42O4Si2/c1-22(2,3)28(7,8)24-17-20-19(27-29(9,10)23(4,5)6)16-21(26-20)25-18-14-12-11-13-15-18/h11-15,19-21H,16-17H2,1-10H3/t19-,20+,21?/m0/s1. The Morgan fingerprint density at radius 3 is 1.97 bits per heavy atom. The van der Waals surface area contributed by atoms with Gasteiger partial charge in [-0.1, -0.05) is 59.7 Å². The Morgan fingerprint density at radius 2 is 1.45 bits per heavy atom. The quantitative estimate of drug-likeness (QED) is 0.450. The number of benzene rings is 1. The second-order valence-corrected chi connectivity index (χ2v) is 20.8. The van der Waals surface area contributed by atoms with Crippen LogP contribution in [0.1, 0.15) is 48.0 Å². The summed E-state index contributed by atoms with van der Waals surface area (Å²) in [4.78, 5) is 0. The van der Waals surface area contributed by atoms with Crippen molar-refractivity contribution in [3.63, 3.8) is 0 Å². The molecule has 3 atom stereocenters. The molecule has 0 N–H and O–H groups in total. The molecule has 6 heteroatoms. The molecule has 1 fully saturated rings. The van der Waals surface area contributed by atoms with E-state index in [1.54, 1.807) is 0 Å². The molecule has 0 saturated carbocycles. The van der Waals surface area contributed by atoms with Crippen molar-refractivity contribution >= 4 is 16.6 Å². The van der Waals surface area contributed by atoms with Gasteiger partial charge in [-0.05, 0) is 48.4 Å². The zero-order valence-corrected chi connectivity index (χ0v) is 22.2. The van der Waals surface area contributed by atoms with Crippen LogP contribution in [0.25, 0.3) is 0 Å². The minimum absolute atomic E-state index is 0.00521. The molecule has 2 rings (SSSR count). The molecule has 4 nitrogen and oxygen atoms in total. The van der Waals surface area contributed by atoms with E-state index in [1.165, 1.54) is 0 Å². The van der Waals surface area contributed by atoms with Crippen molar-refractivity contribution in [2.45, 2.75) is 103 Å². The lowest BCUT2D eigenvalue weighted by atomic mass is 10.2. The molecule has 1 heterocycles. The number of rotatable bonds is 7. The van der Waals surface area contributed by atoms with Gasteiger partial charge in [0.05, 0.1) is 12.7 Å². The molecule has 1 saturated heterocycles. The number of para-hydroxylation sites is 1. The number of ether oxygens (including phenoxy) is 2. The first-order valence-corrected chi connectivity index (χ1v) is 16.6. The highest BCUT2D eigenvalue weighted by Crippen LogP contribution is 2.41. The molecule has 1 aromatic carbocycles. The summed E-state index contributed by atoms with van der Waals surface area (Å²) in [6.45, 7) is 23.3. The third-order valence-corrected chi connectivity index (χ3v) is 15.8. The van der Waals surface area contributed by atoms with Gasteiger partial charge < -0.3 is 18.3 Å². The van der Waals surface area contributed by atoms with Gasteiger partial charge in [0.1, 0.15) is 11.9 Å². The van der Waals surface area contributed by atoms with Crippen LogP contribution in [0.5, 0.6) is 5.75 Å². The summed E-state index contributed by atoms with van der Waals surface area (Å²) in [5.74, 6) is 0.828. The summed E-state index contributed by atoms with van der Waals surface area (Å²) < 4.78 is 25.7. The Morgan fingerprint density at radius 1 is 0.897 bits per heavy atom.